The Morgan fingerprint density at radius 3 is 2.50 bits per heavy atom. The van der Waals surface area contributed by atoms with Crippen LogP contribution in [0, 0.1) is 18.3 Å². The third kappa shape index (κ3) is 3.66. The Morgan fingerprint density at radius 2 is 1.83 bits per heavy atom. The van der Waals surface area contributed by atoms with Crippen LogP contribution in [0.5, 0.6) is 0 Å². The molecule has 0 aliphatic carbocycles. The van der Waals surface area contributed by atoms with Gasteiger partial charge in [0.2, 0.25) is 0 Å². The molecule has 3 aromatic carbocycles. The van der Waals surface area contributed by atoms with Crippen LogP contribution in [0.4, 0.5) is 0 Å². The zero-order valence-electron chi connectivity index (χ0n) is 16.6. The maximum atomic E-state index is 12.4. The highest BCUT2D eigenvalue weighted by atomic mass is 16.1. The van der Waals surface area contributed by atoms with Crippen molar-refractivity contribution < 1.29 is 4.79 Å². The molecular formula is C24H21N5O. The molecule has 1 aromatic heterocycles. The predicted molar refractivity (Wildman–Crippen MR) is 117 cm³/mol. The second kappa shape index (κ2) is 8.19. The zero-order chi connectivity index (χ0) is 21.1. The third-order valence-corrected chi connectivity index (χ3v) is 4.91. The molecule has 0 radical (unpaired) electrons. The van der Waals surface area contributed by atoms with Crippen LogP contribution in [0.2, 0.25) is 0 Å². The number of nitrogens with zero attached hydrogens (tertiary/aromatic N) is 3. The van der Waals surface area contributed by atoms with Crippen molar-refractivity contribution in [2.75, 3.05) is 13.1 Å². The van der Waals surface area contributed by atoms with Gasteiger partial charge >= 0.3 is 0 Å². The molecule has 6 nitrogen and oxygen atoms in total. The summed E-state index contributed by atoms with van der Waals surface area (Å²) >= 11 is 0. The molecule has 0 spiro atoms. The van der Waals surface area contributed by atoms with Crippen LogP contribution in [0.15, 0.2) is 66.7 Å². The molecule has 0 aliphatic rings. The molecule has 30 heavy (non-hydrogen) atoms. The lowest BCUT2D eigenvalue weighted by molar-refractivity contribution is 0.0955. The van der Waals surface area contributed by atoms with Gasteiger partial charge in [-0.15, -0.1) is 0 Å². The molecule has 0 unspecified atom stereocenters. The van der Waals surface area contributed by atoms with Crippen LogP contribution in [0.3, 0.4) is 0 Å². The highest BCUT2D eigenvalue weighted by Gasteiger charge is 2.16. The van der Waals surface area contributed by atoms with Gasteiger partial charge < -0.3 is 11.1 Å². The summed E-state index contributed by atoms with van der Waals surface area (Å²) in [4.78, 5) is 17.2. The maximum Gasteiger partial charge on any atom is 0.251 e. The van der Waals surface area contributed by atoms with E-state index in [2.05, 4.69) is 28.1 Å². The molecule has 3 N–H and O–H groups in total. The lowest BCUT2D eigenvalue weighted by Crippen LogP contribution is -2.28. The van der Waals surface area contributed by atoms with Gasteiger partial charge in [0.25, 0.3) is 5.91 Å². The van der Waals surface area contributed by atoms with E-state index in [9.17, 15) is 4.79 Å². The van der Waals surface area contributed by atoms with Crippen LogP contribution in [-0.2, 0) is 0 Å². The van der Waals surface area contributed by atoms with E-state index in [1.807, 2.05) is 37.3 Å². The molecule has 0 aliphatic heterocycles. The fraction of sp³-hybridized carbons (Fsp3) is 0.125. The first-order valence-electron chi connectivity index (χ1n) is 9.69. The topological polar surface area (TPSA) is 96.7 Å². The van der Waals surface area contributed by atoms with Gasteiger partial charge in [0.15, 0.2) is 0 Å². The lowest BCUT2D eigenvalue weighted by atomic mass is 10.1. The summed E-state index contributed by atoms with van der Waals surface area (Å²) in [6.07, 6.45) is 0. The number of imidazole rings is 1. The van der Waals surface area contributed by atoms with Crippen molar-refractivity contribution in [3.8, 4) is 23.1 Å². The van der Waals surface area contributed by atoms with E-state index in [0.29, 0.717) is 24.2 Å². The van der Waals surface area contributed by atoms with Gasteiger partial charge in [0.05, 0.1) is 22.7 Å². The number of aromatic nitrogens is 2. The van der Waals surface area contributed by atoms with Gasteiger partial charge in [0, 0.05) is 29.9 Å². The molecule has 4 rings (SSSR count). The smallest absolute Gasteiger partial charge is 0.251 e. The third-order valence-electron chi connectivity index (χ3n) is 4.91. The molecule has 0 fully saturated rings. The van der Waals surface area contributed by atoms with E-state index >= 15 is 0 Å². The SMILES string of the molecule is Cc1ccc(-n2c(-c3ccc(C#N)cc3)nc3cc(C(=O)NCCN)ccc32)cc1. The second-order valence-electron chi connectivity index (χ2n) is 7.04. The number of carbonyl (C=O) groups excluding carboxylic acids is 1. The number of nitrogens with two attached hydrogens (primary N) is 1. The summed E-state index contributed by atoms with van der Waals surface area (Å²) < 4.78 is 2.07. The van der Waals surface area contributed by atoms with Crippen LogP contribution in [0.1, 0.15) is 21.5 Å². The Labute approximate surface area is 174 Å². The minimum Gasteiger partial charge on any atom is -0.351 e. The van der Waals surface area contributed by atoms with Crippen LogP contribution in [-0.4, -0.2) is 28.5 Å². The van der Waals surface area contributed by atoms with Crippen molar-refractivity contribution in [1.29, 1.82) is 5.26 Å². The summed E-state index contributed by atoms with van der Waals surface area (Å²) in [5, 5.41) is 11.9. The Bertz CT molecular complexity index is 1250. The number of amides is 1. The van der Waals surface area contributed by atoms with Gasteiger partial charge in [-0.2, -0.15) is 5.26 Å². The normalized spacial score (nSPS) is 10.7. The highest BCUT2D eigenvalue weighted by Crippen LogP contribution is 2.29. The van der Waals surface area contributed by atoms with Crippen molar-refractivity contribution in [3.05, 3.63) is 83.4 Å². The van der Waals surface area contributed by atoms with Gasteiger partial charge in [0.1, 0.15) is 5.82 Å². The average molecular weight is 395 g/mol. The average Bonchev–Trinajstić information content (AvgIpc) is 3.16. The van der Waals surface area contributed by atoms with E-state index in [-0.39, 0.29) is 5.91 Å². The molecule has 1 heterocycles. The Hall–Kier alpha value is -3.95. The van der Waals surface area contributed by atoms with Gasteiger partial charge in [-0.3, -0.25) is 9.36 Å². The molecule has 0 atom stereocenters. The first-order valence-corrected chi connectivity index (χ1v) is 9.69. The Morgan fingerprint density at radius 1 is 1.10 bits per heavy atom. The summed E-state index contributed by atoms with van der Waals surface area (Å²) in [7, 11) is 0. The van der Waals surface area contributed by atoms with E-state index in [1.54, 1.807) is 24.3 Å². The minimum atomic E-state index is -0.174. The number of hydrogen-bond acceptors (Lipinski definition) is 4. The maximum absolute atomic E-state index is 12.4. The zero-order valence-corrected chi connectivity index (χ0v) is 16.6. The van der Waals surface area contributed by atoms with Crippen LogP contribution < -0.4 is 11.1 Å². The van der Waals surface area contributed by atoms with Crippen molar-refractivity contribution in [3.63, 3.8) is 0 Å². The number of benzene rings is 3. The van der Waals surface area contributed by atoms with Crippen molar-refractivity contribution >= 4 is 16.9 Å². The summed E-state index contributed by atoms with van der Waals surface area (Å²) in [5.74, 6) is 0.574. The molecule has 6 heteroatoms. The van der Waals surface area contributed by atoms with Gasteiger partial charge in [-0.25, -0.2) is 4.98 Å². The van der Waals surface area contributed by atoms with Gasteiger partial charge in [-0.1, -0.05) is 17.7 Å². The lowest BCUT2D eigenvalue weighted by Gasteiger charge is -2.10. The first kappa shape index (κ1) is 19.4. The molecule has 148 valence electrons. The number of aryl methyl sites for hydroxylation is 1. The molecule has 0 saturated heterocycles. The van der Waals surface area contributed by atoms with E-state index in [4.69, 9.17) is 16.0 Å². The minimum absolute atomic E-state index is 0.174. The van der Waals surface area contributed by atoms with E-state index < -0.39 is 0 Å². The second-order valence-corrected chi connectivity index (χ2v) is 7.04. The number of carbonyl (C=O) groups is 1. The Kier molecular flexibility index (Phi) is 5.29. The molecule has 1 amide bonds. The fourth-order valence-electron chi connectivity index (χ4n) is 3.35. The Balaban J connectivity index is 1.89. The van der Waals surface area contributed by atoms with E-state index in [0.717, 1.165) is 28.1 Å². The number of fused-ring (bicyclic) bond motifs is 1. The van der Waals surface area contributed by atoms with Crippen LogP contribution >= 0.6 is 0 Å². The number of hydrogen-bond donors (Lipinski definition) is 2. The predicted octanol–water partition coefficient (Wildman–Crippen LogP) is 3.56. The van der Waals surface area contributed by atoms with Crippen molar-refractivity contribution in [2.24, 2.45) is 5.73 Å². The molecular weight excluding hydrogens is 374 g/mol. The van der Waals surface area contributed by atoms with Crippen molar-refractivity contribution in [1.82, 2.24) is 14.9 Å². The molecule has 0 bridgehead atoms. The highest BCUT2D eigenvalue weighted by molar-refractivity contribution is 5.98. The van der Waals surface area contributed by atoms with Gasteiger partial charge in [-0.05, 0) is 61.5 Å². The fourth-order valence-corrected chi connectivity index (χ4v) is 3.35. The summed E-state index contributed by atoms with van der Waals surface area (Å²) in [6.45, 7) is 2.85. The summed E-state index contributed by atoms with van der Waals surface area (Å²) in [5.41, 5.74) is 11.3. The number of nitriles is 1. The van der Waals surface area contributed by atoms with Crippen molar-refractivity contribution in [2.45, 2.75) is 6.92 Å². The largest absolute Gasteiger partial charge is 0.351 e. The molecule has 0 saturated carbocycles. The van der Waals surface area contributed by atoms with E-state index in [1.165, 1.54) is 5.56 Å². The van der Waals surface area contributed by atoms with Crippen LogP contribution in [0.25, 0.3) is 28.1 Å². The summed E-state index contributed by atoms with van der Waals surface area (Å²) in [6, 6.07) is 23.2. The standard InChI is InChI=1S/C24H21N5O/c1-16-2-9-20(10-3-16)29-22-11-8-19(24(30)27-13-12-25)14-21(22)28-23(29)18-6-4-17(15-26)5-7-18/h2-11,14H,12-13,25H2,1H3,(H,27,30). The molecule has 4 aromatic rings. The quantitative estimate of drug-likeness (QED) is 0.540. The number of rotatable bonds is 5. The monoisotopic (exact) mass is 395 g/mol. The number of nitrogens with one attached hydrogen (secondary N) is 1. The first-order chi connectivity index (χ1) is 14.6.